The van der Waals surface area contributed by atoms with Gasteiger partial charge in [0.2, 0.25) is 5.91 Å². The monoisotopic (exact) mass is 475 g/mol. The zero-order chi connectivity index (χ0) is 22.3. The van der Waals surface area contributed by atoms with E-state index in [1.54, 1.807) is 0 Å². The highest BCUT2D eigenvalue weighted by Crippen LogP contribution is 2.45. The number of nitrogens with zero attached hydrogens (tertiary/aromatic N) is 2. The summed E-state index contributed by atoms with van der Waals surface area (Å²) >= 11 is 3.48. The summed E-state index contributed by atoms with van der Waals surface area (Å²) in [5.74, 6) is -2.03. The Hall–Kier alpha value is -3.17. The number of ketones is 1. The van der Waals surface area contributed by atoms with Crippen molar-refractivity contribution in [2.45, 2.75) is 32.6 Å². The molecule has 4 rings (SSSR count). The van der Waals surface area contributed by atoms with Crippen molar-refractivity contribution in [2.24, 2.45) is 11.1 Å². The number of Topliss-reactive ketones (excluding diaryl/α,β-unsaturated/α-hetero) is 1. The number of benzene rings is 2. The van der Waals surface area contributed by atoms with Crippen LogP contribution in [0.1, 0.15) is 47.8 Å². The largest absolute Gasteiger partial charge is 0.368 e. The average Bonchev–Trinajstić information content (AvgIpc) is 3.03. The minimum absolute atomic E-state index is 0.0595. The molecule has 2 aromatic carbocycles. The van der Waals surface area contributed by atoms with E-state index in [1.165, 1.54) is 0 Å². The fourth-order valence-electron chi connectivity index (χ4n) is 4.47. The number of nitriles is 1. The van der Waals surface area contributed by atoms with Gasteiger partial charge in [0.05, 0.1) is 11.8 Å². The number of amides is 1. The molecule has 2 N–H and O–H groups in total. The Morgan fingerprint density at radius 3 is 2.35 bits per heavy atom. The van der Waals surface area contributed by atoms with Gasteiger partial charge in [0, 0.05) is 33.4 Å². The lowest BCUT2D eigenvalue weighted by molar-refractivity contribution is -0.118. The molecule has 1 atom stereocenters. The van der Waals surface area contributed by atoms with Crippen LogP contribution < -0.4 is 5.73 Å². The number of carbonyl (C=O) groups is 2. The molecule has 1 aliphatic carbocycles. The summed E-state index contributed by atoms with van der Waals surface area (Å²) in [6, 6.07) is 19.4. The number of rotatable bonds is 4. The molecule has 0 bridgehead atoms. The maximum Gasteiger partial charge on any atom is 0.239 e. The van der Waals surface area contributed by atoms with Crippen molar-refractivity contribution >= 4 is 27.6 Å². The summed E-state index contributed by atoms with van der Waals surface area (Å²) in [6.45, 7) is 4.12. The quantitative estimate of drug-likeness (QED) is 0.565. The first-order chi connectivity index (χ1) is 14.7. The molecule has 0 fully saturated rings. The van der Waals surface area contributed by atoms with Gasteiger partial charge in [0.25, 0.3) is 0 Å². The molecule has 0 saturated carbocycles. The van der Waals surface area contributed by atoms with Gasteiger partial charge < -0.3 is 10.3 Å². The van der Waals surface area contributed by atoms with Crippen LogP contribution in [-0.4, -0.2) is 16.3 Å². The Labute approximate surface area is 189 Å². The Bertz CT molecular complexity index is 1220. The van der Waals surface area contributed by atoms with Crippen molar-refractivity contribution in [3.05, 3.63) is 75.9 Å². The van der Waals surface area contributed by atoms with E-state index in [0.29, 0.717) is 29.7 Å². The summed E-state index contributed by atoms with van der Waals surface area (Å²) in [6.07, 6.45) is 0.989. The van der Waals surface area contributed by atoms with E-state index in [0.717, 1.165) is 21.4 Å². The van der Waals surface area contributed by atoms with Crippen molar-refractivity contribution in [1.29, 1.82) is 5.26 Å². The second-order valence-electron chi connectivity index (χ2n) is 8.67. The minimum atomic E-state index is -1.22. The molecule has 1 aliphatic rings. The van der Waals surface area contributed by atoms with Gasteiger partial charge in [-0.2, -0.15) is 5.26 Å². The fourth-order valence-corrected chi connectivity index (χ4v) is 4.73. The normalized spacial score (nSPS) is 15.7. The molecule has 6 heteroatoms. The first kappa shape index (κ1) is 21.1. The number of carbonyl (C=O) groups excluding carboxylic acids is 2. The van der Waals surface area contributed by atoms with Gasteiger partial charge in [-0.05, 0) is 41.7 Å². The predicted molar refractivity (Wildman–Crippen MR) is 123 cm³/mol. The fraction of sp³-hybridized carbons (Fsp3) is 0.240. The molecular weight excluding hydrogens is 454 g/mol. The maximum absolute atomic E-state index is 13.4. The minimum Gasteiger partial charge on any atom is -0.368 e. The van der Waals surface area contributed by atoms with Gasteiger partial charge in [-0.3, -0.25) is 9.59 Å². The molecule has 1 heterocycles. The molecule has 0 spiro atoms. The van der Waals surface area contributed by atoms with Crippen LogP contribution in [0.4, 0.5) is 0 Å². The van der Waals surface area contributed by atoms with Gasteiger partial charge in [-0.1, -0.05) is 60.1 Å². The van der Waals surface area contributed by atoms with Crippen molar-refractivity contribution in [2.75, 3.05) is 0 Å². The van der Waals surface area contributed by atoms with Crippen LogP contribution in [0.15, 0.2) is 59.1 Å². The molecule has 1 amide bonds. The van der Waals surface area contributed by atoms with Crippen LogP contribution in [0, 0.1) is 16.7 Å². The lowest BCUT2D eigenvalue weighted by Gasteiger charge is -2.30. The molecule has 31 heavy (non-hydrogen) atoms. The van der Waals surface area contributed by atoms with E-state index >= 15 is 0 Å². The molecule has 0 radical (unpaired) electrons. The van der Waals surface area contributed by atoms with E-state index in [1.807, 2.05) is 65.2 Å². The lowest BCUT2D eigenvalue weighted by atomic mass is 9.74. The highest BCUT2D eigenvalue weighted by molar-refractivity contribution is 9.10. The zero-order valence-corrected chi connectivity index (χ0v) is 18.9. The number of nitrogens with two attached hydrogens (primary N) is 1. The molecule has 5 nitrogen and oxygen atoms in total. The standard InChI is InChI=1S/C25H22BrN3O2/c1-25(2)12-19-22(20(30)13-25)21(18(14-27)24(28)31)23(15-6-4-3-5-7-15)29(19)17-10-8-16(26)9-11-17/h3-11,18H,12-13H2,1-2H3,(H2,28,31). The Morgan fingerprint density at radius 2 is 1.77 bits per heavy atom. The molecule has 0 aliphatic heterocycles. The number of aromatic nitrogens is 1. The lowest BCUT2D eigenvalue weighted by Crippen LogP contribution is -2.29. The van der Waals surface area contributed by atoms with Crippen molar-refractivity contribution < 1.29 is 9.59 Å². The zero-order valence-electron chi connectivity index (χ0n) is 17.4. The molecule has 3 aromatic rings. The highest BCUT2D eigenvalue weighted by Gasteiger charge is 2.41. The van der Waals surface area contributed by atoms with Gasteiger partial charge in [-0.15, -0.1) is 0 Å². The van der Waals surface area contributed by atoms with Crippen LogP contribution in [-0.2, 0) is 11.2 Å². The van der Waals surface area contributed by atoms with Crippen molar-refractivity contribution in [3.8, 4) is 23.0 Å². The third-order valence-electron chi connectivity index (χ3n) is 5.70. The Balaban J connectivity index is 2.17. The number of hydrogen-bond donors (Lipinski definition) is 1. The van der Waals surface area contributed by atoms with E-state index in [-0.39, 0.29) is 11.2 Å². The van der Waals surface area contributed by atoms with Gasteiger partial charge >= 0.3 is 0 Å². The van der Waals surface area contributed by atoms with E-state index < -0.39 is 11.8 Å². The van der Waals surface area contributed by atoms with Gasteiger partial charge in [0.1, 0.15) is 0 Å². The molecule has 0 saturated heterocycles. The summed E-state index contributed by atoms with van der Waals surface area (Å²) in [7, 11) is 0. The number of hydrogen-bond acceptors (Lipinski definition) is 3. The Kier molecular flexibility index (Phi) is 5.32. The molecule has 1 unspecified atom stereocenters. The van der Waals surface area contributed by atoms with E-state index in [4.69, 9.17) is 5.73 Å². The number of halogens is 1. The second kappa shape index (κ2) is 7.82. The molecule has 156 valence electrons. The molecular formula is C25H22BrN3O2. The topological polar surface area (TPSA) is 88.9 Å². The first-order valence-electron chi connectivity index (χ1n) is 10.0. The van der Waals surface area contributed by atoms with Crippen LogP contribution in [0.25, 0.3) is 16.9 Å². The average molecular weight is 476 g/mol. The van der Waals surface area contributed by atoms with Crippen molar-refractivity contribution in [3.63, 3.8) is 0 Å². The summed E-state index contributed by atoms with van der Waals surface area (Å²) in [5.41, 5.74) is 9.45. The first-order valence-corrected chi connectivity index (χ1v) is 10.8. The summed E-state index contributed by atoms with van der Waals surface area (Å²) < 4.78 is 2.96. The van der Waals surface area contributed by atoms with Crippen molar-refractivity contribution in [1.82, 2.24) is 4.57 Å². The van der Waals surface area contributed by atoms with Crippen LogP contribution in [0.5, 0.6) is 0 Å². The van der Waals surface area contributed by atoms with E-state index in [9.17, 15) is 14.9 Å². The van der Waals surface area contributed by atoms with Crippen LogP contribution in [0.2, 0.25) is 0 Å². The smallest absolute Gasteiger partial charge is 0.239 e. The molecule has 1 aromatic heterocycles. The third kappa shape index (κ3) is 3.70. The maximum atomic E-state index is 13.4. The van der Waals surface area contributed by atoms with Crippen LogP contribution in [0.3, 0.4) is 0 Å². The van der Waals surface area contributed by atoms with Gasteiger partial charge in [-0.25, -0.2) is 0 Å². The second-order valence-corrected chi connectivity index (χ2v) is 9.58. The SMILES string of the molecule is CC1(C)CC(=O)c2c(C(C#N)C(N)=O)c(-c3ccccc3)n(-c3ccc(Br)cc3)c2C1. The predicted octanol–water partition coefficient (Wildman–Crippen LogP) is 5.15. The van der Waals surface area contributed by atoms with Gasteiger partial charge in [0.15, 0.2) is 11.7 Å². The van der Waals surface area contributed by atoms with Crippen LogP contribution >= 0.6 is 15.9 Å². The summed E-state index contributed by atoms with van der Waals surface area (Å²) in [4.78, 5) is 25.7. The van der Waals surface area contributed by atoms with E-state index in [2.05, 4.69) is 29.8 Å². The Morgan fingerprint density at radius 1 is 1.13 bits per heavy atom. The summed E-state index contributed by atoms with van der Waals surface area (Å²) in [5, 5.41) is 9.85. The highest BCUT2D eigenvalue weighted by atomic mass is 79.9. The third-order valence-corrected chi connectivity index (χ3v) is 6.23. The number of primary amides is 1. The number of fused-ring (bicyclic) bond motifs is 1.